The monoisotopic (exact) mass is 268 g/mol. The van der Waals surface area contributed by atoms with E-state index >= 15 is 0 Å². The molecule has 1 N–H and O–H groups in total. The van der Waals surface area contributed by atoms with E-state index in [0.29, 0.717) is 25.3 Å². The van der Waals surface area contributed by atoms with E-state index in [-0.39, 0.29) is 17.9 Å². The van der Waals surface area contributed by atoms with Gasteiger partial charge in [0.15, 0.2) is 0 Å². The zero-order valence-electron chi connectivity index (χ0n) is 12.1. The number of fused-ring (bicyclic) bond motifs is 1. The molecule has 0 saturated carbocycles. The maximum absolute atomic E-state index is 12.5. The van der Waals surface area contributed by atoms with Crippen LogP contribution in [0, 0.1) is 5.92 Å². The van der Waals surface area contributed by atoms with Crippen LogP contribution >= 0.6 is 0 Å². The van der Waals surface area contributed by atoms with Crippen LogP contribution in [0.2, 0.25) is 0 Å². The average Bonchev–Trinajstić information content (AvgIpc) is 2.45. The Morgan fingerprint density at radius 3 is 2.89 bits per heavy atom. The number of nitrogens with one attached hydrogen (secondary N) is 1. The second-order valence-corrected chi connectivity index (χ2v) is 5.80. The van der Waals surface area contributed by atoms with E-state index < -0.39 is 5.60 Å². The first kappa shape index (κ1) is 14.3. The summed E-state index contributed by atoms with van der Waals surface area (Å²) in [4.78, 5) is 25.8. The quantitative estimate of drug-likeness (QED) is 0.828. The van der Waals surface area contributed by atoms with Gasteiger partial charge in [0.2, 0.25) is 5.91 Å². The average molecular weight is 268 g/mol. The molecule has 3 atom stereocenters. The van der Waals surface area contributed by atoms with Crippen molar-refractivity contribution < 1.29 is 14.3 Å². The molecule has 0 radical (unpaired) electrons. The number of hydrogen-bond acceptors (Lipinski definition) is 3. The molecule has 0 bridgehead atoms. The lowest BCUT2D eigenvalue weighted by molar-refractivity contribution is -0.156. The van der Waals surface area contributed by atoms with Crippen LogP contribution < -0.4 is 5.32 Å². The van der Waals surface area contributed by atoms with Gasteiger partial charge < -0.3 is 15.0 Å². The molecule has 0 aromatic heterocycles. The predicted molar refractivity (Wildman–Crippen MR) is 71.6 cm³/mol. The first-order valence-corrected chi connectivity index (χ1v) is 7.14. The second-order valence-electron chi connectivity index (χ2n) is 5.80. The third-order valence-corrected chi connectivity index (χ3v) is 4.69. The van der Waals surface area contributed by atoms with Crippen LogP contribution in [0.25, 0.3) is 0 Å². The van der Waals surface area contributed by atoms with E-state index in [9.17, 15) is 9.59 Å². The van der Waals surface area contributed by atoms with E-state index in [1.54, 1.807) is 7.11 Å². The first-order valence-electron chi connectivity index (χ1n) is 7.14. The van der Waals surface area contributed by atoms with Crippen LogP contribution in [0.1, 0.15) is 39.5 Å². The van der Waals surface area contributed by atoms with Gasteiger partial charge in [-0.3, -0.25) is 9.59 Å². The van der Waals surface area contributed by atoms with Gasteiger partial charge in [0.05, 0.1) is 0 Å². The summed E-state index contributed by atoms with van der Waals surface area (Å²) in [5.74, 6) is 0.623. The lowest BCUT2D eigenvalue weighted by Gasteiger charge is -2.43. The highest BCUT2D eigenvalue weighted by molar-refractivity contribution is 5.85. The highest BCUT2D eigenvalue weighted by Gasteiger charge is 2.40. The maximum Gasteiger partial charge on any atom is 0.254 e. The number of carbonyl (C=O) groups is 2. The van der Waals surface area contributed by atoms with Crippen molar-refractivity contribution in [3.63, 3.8) is 0 Å². The first-order chi connectivity index (χ1) is 9.00. The van der Waals surface area contributed by atoms with E-state index in [0.717, 1.165) is 19.4 Å². The number of methoxy groups -OCH3 is 1. The topological polar surface area (TPSA) is 58.6 Å². The van der Waals surface area contributed by atoms with Gasteiger partial charge in [0, 0.05) is 32.7 Å². The molecule has 19 heavy (non-hydrogen) atoms. The highest BCUT2D eigenvalue weighted by atomic mass is 16.5. The van der Waals surface area contributed by atoms with Crippen molar-refractivity contribution in [1.29, 1.82) is 0 Å². The summed E-state index contributed by atoms with van der Waals surface area (Å²) in [7, 11) is 1.59. The minimum atomic E-state index is -0.718. The minimum absolute atomic E-state index is 0.0767. The normalized spacial score (nSPS) is 30.3. The molecular weight excluding hydrogens is 244 g/mol. The standard InChI is InChI=1S/C14H24N2O3/c1-4-14(2,19-3)13(18)16-8-7-11-10(9-16)5-6-12(17)15-11/h10-11H,4-9H2,1-3H3,(H,15,17). The van der Waals surface area contributed by atoms with Crippen LogP contribution in [-0.4, -0.2) is 48.6 Å². The Hall–Kier alpha value is -1.10. The van der Waals surface area contributed by atoms with Gasteiger partial charge in [-0.05, 0) is 32.1 Å². The predicted octanol–water partition coefficient (Wildman–Crippen LogP) is 0.929. The summed E-state index contributed by atoms with van der Waals surface area (Å²) in [5, 5.41) is 3.04. The van der Waals surface area contributed by atoms with Crippen molar-refractivity contribution in [1.82, 2.24) is 10.2 Å². The number of likely N-dealkylation sites (tertiary alicyclic amines) is 1. The highest BCUT2D eigenvalue weighted by Crippen LogP contribution is 2.28. The second kappa shape index (κ2) is 5.49. The molecule has 0 spiro atoms. The number of piperidine rings is 2. The zero-order chi connectivity index (χ0) is 14.0. The largest absolute Gasteiger partial charge is 0.369 e. The van der Waals surface area contributed by atoms with Crippen molar-refractivity contribution >= 4 is 11.8 Å². The molecule has 3 unspecified atom stereocenters. The number of hydrogen-bond donors (Lipinski definition) is 1. The van der Waals surface area contributed by atoms with Gasteiger partial charge in [-0.25, -0.2) is 0 Å². The molecular formula is C14H24N2O3. The van der Waals surface area contributed by atoms with Crippen molar-refractivity contribution in [2.45, 2.75) is 51.2 Å². The smallest absolute Gasteiger partial charge is 0.254 e. The number of carbonyl (C=O) groups excluding carboxylic acids is 2. The SMILES string of the molecule is CCC(C)(OC)C(=O)N1CCC2NC(=O)CCC2C1. The van der Waals surface area contributed by atoms with E-state index in [4.69, 9.17) is 4.74 Å². The van der Waals surface area contributed by atoms with Crippen LogP contribution in [0.3, 0.4) is 0 Å². The molecule has 2 heterocycles. The molecule has 5 nitrogen and oxygen atoms in total. The molecule has 5 heteroatoms. The van der Waals surface area contributed by atoms with Crippen molar-refractivity contribution in [2.24, 2.45) is 5.92 Å². The molecule has 2 aliphatic rings. The Morgan fingerprint density at radius 1 is 1.53 bits per heavy atom. The molecule has 108 valence electrons. The van der Waals surface area contributed by atoms with Crippen LogP contribution in [0.5, 0.6) is 0 Å². The fraction of sp³-hybridized carbons (Fsp3) is 0.857. The van der Waals surface area contributed by atoms with Gasteiger partial charge in [0.25, 0.3) is 5.91 Å². The molecule has 2 saturated heterocycles. The molecule has 2 aliphatic heterocycles. The van der Waals surface area contributed by atoms with E-state index in [2.05, 4.69) is 5.32 Å². The molecule has 0 aromatic rings. The fourth-order valence-electron chi connectivity index (χ4n) is 3.01. The third kappa shape index (κ3) is 2.76. The zero-order valence-corrected chi connectivity index (χ0v) is 12.1. The Labute approximate surface area is 114 Å². The summed E-state index contributed by atoms with van der Waals surface area (Å²) in [6.45, 7) is 5.26. The minimum Gasteiger partial charge on any atom is -0.369 e. The van der Waals surface area contributed by atoms with Gasteiger partial charge in [-0.15, -0.1) is 0 Å². The fourth-order valence-corrected chi connectivity index (χ4v) is 3.01. The summed E-state index contributed by atoms with van der Waals surface area (Å²) >= 11 is 0. The van der Waals surface area contributed by atoms with E-state index in [1.807, 2.05) is 18.7 Å². The molecule has 2 rings (SSSR count). The molecule has 0 aliphatic carbocycles. The van der Waals surface area contributed by atoms with E-state index in [1.165, 1.54) is 0 Å². The van der Waals surface area contributed by atoms with Gasteiger partial charge >= 0.3 is 0 Å². The van der Waals surface area contributed by atoms with Crippen molar-refractivity contribution in [2.75, 3.05) is 20.2 Å². The van der Waals surface area contributed by atoms with Crippen LogP contribution in [0.4, 0.5) is 0 Å². The van der Waals surface area contributed by atoms with Gasteiger partial charge in [-0.2, -0.15) is 0 Å². The number of nitrogens with zero attached hydrogens (tertiary/aromatic N) is 1. The Morgan fingerprint density at radius 2 is 2.26 bits per heavy atom. The lowest BCUT2D eigenvalue weighted by Crippen LogP contribution is -2.58. The van der Waals surface area contributed by atoms with Crippen molar-refractivity contribution in [3.05, 3.63) is 0 Å². The Balaban J connectivity index is 2.01. The summed E-state index contributed by atoms with van der Waals surface area (Å²) in [6.07, 6.45) is 2.99. The number of rotatable bonds is 3. The molecule has 0 aromatic carbocycles. The van der Waals surface area contributed by atoms with Gasteiger partial charge in [-0.1, -0.05) is 6.92 Å². The van der Waals surface area contributed by atoms with Gasteiger partial charge in [0.1, 0.15) is 5.60 Å². The molecule has 2 amide bonds. The third-order valence-electron chi connectivity index (χ3n) is 4.69. The molecule has 2 fully saturated rings. The Bertz CT molecular complexity index is 366. The van der Waals surface area contributed by atoms with Crippen molar-refractivity contribution in [3.8, 4) is 0 Å². The Kier molecular flexibility index (Phi) is 4.13. The summed E-state index contributed by atoms with van der Waals surface area (Å²) in [5.41, 5.74) is -0.718. The number of amides is 2. The summed E-state index contributed by atoms with van der Waals surface area (Å²) < 4.78 is 5.39. The lowest BCUT2D eigenvalue weighted by atomic mass is 9.84. The number of ether oxygens (including phenoxy) is 1. The summed E-state index contributed by atoms with van der Waals surface area (Å²) in [6, 6.07) is 0.251. The van der Waals surface area contributed by atoms with Crippen LogP contribution in [0.15, 0.2) is 0 Å². The maximum atomic E-state index is 12.5. The van der Waals surface area contributed by atoms with Crippen LogP contribution in [-0.2, 0) is 14.3 Å².